The van der Waals surface area contributed by atoms with E-state index >= 15 is 0 Å². The standard InChI is InChI=1S/C20H25N3O2/c1-14-5-2-3-7-17(14)20(25)9-11-23(12-10-20)19(24)15-6-4-8-18-16(15)13-21-22-18/h2-3,5,7,13,15,25H,4,6,8-12H2,1H3,(H,21,22). The zero-order chi connectivity index (χ0) is 17.4. The van der Waals surface area contributed by atoms with Gasteiger partial charge in [0.05, 0.1) is 17.7 Å². The second-order valence-corrected chi connectivity index (χ2v) is 7.42. The Morgan fingerprint density at radius 3 is 2.84 bits per heavy atom. The molecule has 1 fully saturated rings. The number of aryl methyl sites for hydroxylation is 2. The molecule has 2 aliphatic rings. The number of aromatic nitrogens is 2. The van der Waals surface area contributed by atoms with Crippen LogP contribution in [0.15, 0.2) is 30.5 Å². The molecule has 0 bridgehead atoms. The molecule has 0 radical (unpaired) electrons. The Hall–Kier alpha value is -2.14. The maximum Gasteiger partial charge on any atom is 0.230 e. The minimum absolute atomic E-state index is 0.0767. The molecule has 25 heavy (non-hydrogen) atoms. The number of carbonyl (C=O) groups excluding carboxylic acids is 1. The monoisotopic (exact) mass is 339 g/mol. The van der Waals surface area contributed by atoms with Crippen LogP contribution in [-0.4, -0.2) is 39.2 Å². The van der Waals surface area contributed by atoms with Gasteiger partial charge in [0, 0.05) is 24.3 Å². The van der Waals surface area contributed by atoms with Crippen molar-refractivity contribution in [1.82, 2.24) is 15.1 Å². The van der Waals surface area contributed by atoms with E-state index in [1.54, 1.807) is 0 Å². The highest BCUT2D eigenvalue weighted by molar-refractivity contribution is 5.84. The molecule has 1 aliphatic heterocycles. The Balaban J connectivity index is 1.48. The third kappa shape index (κ3) is 2.86. The molecule has 1 aromatic heterocycles. The van der Waals surface area contributed by atoms with Crippen LogP contribution in [0.4, 0.5) is 0 Å². The number of nitrogens with one attached hydrogen (secondary N) is 1. The van der Waals surface area contributed by atoms with Crippen molar-refractivity contribution in [3.05, 3.63) is 52.8 Å². The molecule has 1 aromatic carbocycles. The van der Waals surface area contributed by atoms with Crippen LogP contribution >= 0.6 is 0 Å². The zero-order valence-corrected chi connectivity index (χ0v) is 14.7. The summed E-state index contributed by atoms with van der Waals surface area (Å²) in [4.78, 5) is 15.0. The molecule has 5 nitrogen and oxygen atoms in total. The van der Waals surface area contributed by atoms with Crippen LogP contribution in [0.1, 0.15) is 54.0 Å². The summed E-state index contributed by atoms with van der Waals surface area (Å²) in [7, 11) is 0. The molecular formula is C20H25N3O2. The van der Waals surface area contributed by atoms with Gasteiger partial charge < -0.3 is 10.0 Å². The van der Waals surface area contributed by atoms with E-state index in [1.165, 1.54) is 0 Å². The number of aromatic amines is 1. The number of aliphatic hydroxyl groups is 1. The molecule has 5 heteroatoms. The average Bonchev–Trinajstić information content (AvgIpc) is 3.11. The van der Waals surface area contributed by atoms with Gasteiger partial charge in [0.1, 0.15) is 0 Å². The van der Waals surface area contributed by atoms with Crippen LogP contribution in [-0.2, 0) is 16.8 Å². The fourth-order valence-electron chi connectivity index (χ4n) is 4.40. The lowest BCUT2D eigenvalue weighted by molar-refractivity contribution is -0.137. The lowest BCUT2D eigenvalue weighted by Crippen LogP contribution is -2.47. The predicted octanol–water partition coefficient (Wildman–Crippen LogP) is 2.65. The van der Waals surface area contributed by atoms with E-state index in [0.29, 0.717) is 25.9 Å². The number of H-pyrrole nitrogens is 1. The lowest BCUT2D eigenvalue weighted by atomic mass is 9.81. The lowest BCUT2D eigenvalue weighted by Gasteiger charge is -2.40. The van der Waals surface area contributed by atoms with Crippen molar-refractivity contribution in [3.63, 3.8) is 0 Å². The minimum Gasteiger partial charge on any atom is -0.385 e. The SMILES string of the molecule is Cc1ccccc1C1(O)CCN(C(=O)C2CCCc3[nH]ncc32)CC1. The van der Waals surface area contributed by atoms with Crippen LogP contribution < -0.4 is 0 Å². The summed E-state index contributed by atoms with van der Waals surface area (Å²) >= 11 is 0. The molecule has 1 aliphatic carbocycles. The molecular weight excluding hydrogens is 314 g/mol. The van der Waals surface area contributed by atoms with Gasteiger partial charge in [-0.1, -0.05) is 24.3 Å². The second kappa shape index (κ2) is 6.30. The molecule has 1 atom stereocenters. The van der Waals surface area contributed by atoms with E-state index in [-0.39, 0.29) is 11.8 Å². The van der Waals surface area contributed by atoms with Crippen molar-refractivity contribution in [2.75, 3.05) is 13.1 Å². The number of likely N-dealkylation sites (tertiary alicyclic amines) is 1. The number of hydrogen-bond acceptors (Lipinski definition) is 3. The summed E-state index contributed by atoms with van der Waals surface area (Å²) in [6.45, 7) is 3.24. The number of fused-ring (bicyclic) bond motifs is 1. The van der Waals surface area contributed by atoms with Gasteiger partial charge in [0.15, 0.2) is 0 Å². The van der Waals surface area contributed by atoms with E-state index in [2.05, 4.69) is 10.2 Å². The predicted molar refractivity (Wildman–Crippen MR) is 95.2 cm³/mol. The fourth-order valence-corrected chi connectivity index (χ4v) is 4.40. The Bertz CT molecular complexity index is 775. The zero-order valence-electron chi connectivity index (χ0n) is 14.7. The molecule has 1 saturated heterocycles. The van der Waals surface area contributed by atoms with E-state index in [0.717, 1.165) is 41.6 Å². The van der Waals surface area contributed by atoms with E-state index in [1.807, 2.05) is 42.3 Å². The van der Waals surface area contributed by atoms with Gasteiger partial charge in [-0.05, 0) is 50.2 Å². The number of hydrogen-bond donors (Lipinski definition) is 2. The highest BCUT2D eigenvalue weighted by Crippen LogP contribution is 2.37. The van der Waals surface area contributed by atoms with Gasteiger partial charge in [-0.2, -0.15) is 5.10 Å². The first kappa shape index (κ1) is 16.3. The van der Waals surface area contributed by atoms with Gasteiger partial charge in [-0.15, -0.1) is 0 Å². The van der Waals surface area contributed by atoms with Crippen molar-refractivity contribution < 1.29 is 9.90 Å². The van der Waals surface area contributed by atoms with Crippen LogP contribution in [0.5, 0.6) is 0 Å². The Morgan fingerprint density at radius 1 is 1.32 bits per heavy atom. The van der Waals surface area contributed by atoms with Crippen molar-refractivity contribution in [3.8, 4) is 0 Å². The smallest absolute Gasteiger partial charge is 0.230 e. The summed E-state index contributed by atoms with van der Waals surface area (Å²) in [5, 5.41) is 18.2. The molecule has 132 valence electrons. The van der Waals surface area contributed by atoms with Crippen LogP contribution in [0, 0.1) is 6.92 Å². The molecule has 2 heterocycles. The quantitative estimate of drug-likeness (QED) is 0.884. The average molecular weight is 339 g/mol. The molecule has 2 N–H and O–H groups in total. The first-order chi connectivity index (χ1) is 12.1. The fraction of sp³-hybridized carbons (Fsp3) is 0.500. The number of rotatable bonds is 2. The number of nitrogens with zero attached hydrogens (tertiary/aromatic N) is 2. The molecule has 1 unspecified atom stereocenters. The number of amides is 1. The van der Waals surface area contributed by atoms with Gasteiger partial charge in [0.25, 0.3) is 0 Å². The van der Waals surface area contributed by atoms with Crippen molar-refractivity contribution in [2.24, 2.45) is 0 Å². The maximum absolute atomic E-state index is 13.0. The van der Waals surface area contributed by atoms with E-state index in [4.69, 9.17) is 0 Å². The first-order valence-electron chi connectivity index (χ1n) is 9.18. The normalized spacial score (nSPS) is 22.5. The van der Waals surface area contributed by atoms with Crippen LogP contribution in [0.25, 0.3) is 0 Å². The summed E-state index contributed by atoms with van der Waals surface area (Å²) < 4.78 is 0. The van der Waals surface area contributed by atoms with Gasteiger partial charge in [-0.25, -0.2) is 0 Å². The van der Waals surface area contributed by atoms with Gasteiger partial charge in [0.2, 0.25) is 5.91 Å². The molecule has 2 aromatic rings. The van der Waals surface area contributed by atoms with E-state index in [9.17, 15) is 9.90 Å². The Morgan fingerprint density at radius 2 is 2.08 bits per heavy atom. The van der Waals surface area contributed by atoms with Crippen LogP contribution in [0.2, 0.25) is 0 Å². The van der Waals surface area contributed by atoms with Crippen molar-refractivity contribution in [1.29, 1.82) is 0 Å². The summed E-state index contributed by atoms with van der Waals surface area (Å²) in [6.07, 6.45) is 5.89. The topological polar surface area (TPSA) is 69.2 Å². The number of carbonyl (C=O) groups is 1. The Labute approximate surface area is 148 Å². The number of piperidine rings is 1. The third-order valence-electron chi connectivity index (χ3n) is 5.89. The summed E-state index contributed by atoms with van der Waals surface area (Å²) in [5.74, 6) is 0.112. The van der Waals surface area contributed by atoms with Crippen molar-refractivity contribution in [2.45, 2.75) is 50.5 Å². The third-order valence-corrected chi connectivity index (χ3v) is 5.89. The molecule has 4 rings (SSSR count). The second-order valence-electron chi connectivity index (χ2n) is 7.42. The molecule has 1 amide bonds. The van der Waals surface area contributed by atoms with Gasteiger partial charge in [-0.3, -0.25) is 9.89 Å². The van der Waals surface area contributed by atoms with E-state index < -0.39 is 5.60 Å². The number of benzene rings is 1. The van der Waals surface area contributed by atoms with Crippen molar-refractivity contribution >= 4 is 5.91 Å². The highest BCUT2D eigenvalue weighted by atomic mass is 16.3. The molecule has 0 saturated carbocycles. The summed E-state index contributed by atoms with van der Waals surface area (Å²) in [6, 6.07) is 8.01. The van der Waals surface area contributed by atoms with Gasteiger partial charge >= 0.3 is 0 Å². The molecule has 0 spiro atoms. The minimum atomic E-state index is -0.824. The Kier molecular flexibility index (Phi) is 4.12. The maximum atomic E-state index is 13.0. The van der Waals surface area contributed by atoms with Crippen LogP contribution in [0.3, 0.4) is 0 Å². The first-order valence-corrected chi connectivity index (χ1v) is 9.18. The summed E-state index contributed by atoms with van der Waals surface area (Å²) in [5.41, 5.74) is 3.46. The largest absolute Gasteiger partial charge is 0.385 e. The highest BCUT2D eigenvalue weighted by Gasteiger charge is 2.39.